The summed E-state index contributed by atoms with van der Waals surface area (Å²) < 4.78 is 0. The lowest BCUT2D eigenvalue weighted by Gasteiger charge is -2.35. The molecule has 2 aromatic heterocycles. The van der Waals surface area contributed by atoms with Crippen LogP contribution in [0.25, 0.3) is 11.4 Å². The van der Waals surface area contributed by atoms with Crippen LogP contribution in [0.4, 0.5) is 10.7 Å². The third-order valence-corrected chi connectivity index (χ3v) is 4.13. The van der Waals surface area contributed by atoms with E-state index >= 15 is 0 Å². The molecule has 10 heteroatoms. The molecule has 3 rings (SSSR count). The Labute approximate surface area is 163 Å². The number of hydrogen-bond acceptors (Lipinski definition) is 6. The van der Waals surface area contributed by atoms with Gasteiger partial charge in [-0.2, -0.15) is 0 Å². The molecule has 0 aromatic carbocycles. The quantitative estimate of drug-likeness (QED) is 0.843. The third kappa shape index (κ3) is 4.62. The van der Waals surface area contributed by atoms with E-state index in [9.17, 15) is 9.59 Å². The molecule has 3 heterocycles. The molecule has 0 saturated carbocycles. The Kier molecular flexibility index (Phi) is 6.51. The van der Waals surface area contributed by atoms with Gasteiger partial charge in [-0.3, -0.25) is 4.98 Å². The first-order chi connectivity index (χ1) is 12.5. The minimum atomic E-state index is -1.01. The topological polar surface area (TPSA) is 103 Å². The van der Waals surface area contributed by atoms with Crippen LogP contribution in [0.3, 0.4) is 0 Å². The fourth-order valence-electron chi connectivity index (χ4n) is 2.73. The van der Waals surface area contributed by atoms with Crippen LogP contribution in [0.1, 0.15) is 10.4 Å². The molecule has 1 aliphatic rings. The number of pyridine rings is 1. The number of carbonyl (C=O) groups is 2. The summed E-state index contributed by atoms with van der Waals surface area (Å²) in [5.74, 6) is -0.466. The van der Waals surface area contributed by atoms with E-state index in [1.165, 1.54) is 18.3 Å². The van der Waals surface area contributed by atoms with E-state index in [0.717, 1.165) is 0 Å². The van der Waals surface area contributed by atoms with Crippen molar-refractivity contribution >= 4 is 30.4 Å². The second-order valence-corrected chi connectivity index (χ2v) is 6.13. The summed E-state index contributed by atoms with van der Waals surface area (Å²) >= 11 is 0. The highest BCUT2D eigenvalue weighted by atomic mass is 35.5. The Morgan fingerprint density at radius 2 is 1.70 bits per heavy atom. The van der Waals surface area contributed by atoms with Crippen molar-refractivity contribution in [2.45, 2.75) is 0 Å². The van der Waals surface area contributed by atoms with Crippen molar-refractivity contribution in [3.8, 4) is 11.4 Å². The highest BCUT2D eigenvalue weighted by Gasteiger charge is 2.23. The number of piperazine rings is 1. The fourth-order valence-corrected chi connectivity index (χ4v) is 2.73. The molecule has 1 fully saturated rings. The van der Waals surface area contributed by atoms with Gasteiger partial charge in [0.05, 0.1) is 17.0 Å². The number of amides is 2. The molecule has 2 amide bonds. The Balaban J connectivity index is 0.00000261. The standard InChI is InChI=1S/C17H20N6O3.ClH/c1-21(2)17(26)23-9-7-22(8-10-23)16-19-6-4-13(20-16)14-11-12(15(24)25)3-5-18-14;/h3-6,11H,7-10H2,1-2H3,(H,24,25);1H. The minimum absolute atomic E-state index is 0. The van der Waals surface area contributed by atoms with Gasteiger partial charge in [0, 0.05) is 52.7 Å². The molecule has 1 aliphatic heterocycles. The zero-order valence-corrected chi connectivity index (χ0v) is 15.9. The highest BCUT2D eigenvalue weighted by molar-refractivity contribution is 5.88. The zero-order valence-electron chi connectivity index (χ0n) is 15.1. The van der Waals surface area contributed by atoms with Crippen LogP contribution in [-0.2, 0) is 0 Å². The molecule has 2 aromatic rings. The maximum Gasteiger partial charge on any atom is 0.335 e. The number of nitrogens with zero attached hydrogens (tertiary/aromatic N) is 6. The van der Waals surface area contributed by atoms with E-state index in [0.29, 0.717) is 43.5 Å². The van der Waals surface area contributed by atoms with E-state index in [1.54, 1.807) is 36.2 Å². The largest absolute Gasteiger partial charge is 0.478 e. The van der Waals surface area contributed by atoms with E-state index < -0.39 is 5.97 Å². The summed E-state index contributed by atoms with van der Waals surface area (Å²) in [4.78, 5) is 41.5. The van der Waals surface area contributed by atoms with Gasteiger partial charge in [0.1, 0.15) is 0 Å². The minimum Gasteiger partial charge on any atom is -0.478 e. The van der Waals surface area contributed by atoms with Gasteiger partial charge < -0.3 is 19.8 Å². The average Bonchev–Trinajstić information content (AvgIpc) is 2.67. The molecule has 0 spiro atoms. The SMILES string of the molecule is CN(C)C(=O)N1CCN(c2nccc(-c3cc(C(=O)O)ccn3)n2)CC1.Cl. The summed E-state index contributed by atoms with van der Waals surface area (Å²) in [5, 5.41) is 9.12. The smallest absolute Gasteiger partial charge is 0.335 e. The molecule has 0 atom stereocenters. The summed E-state index contributed by atoms with van der Waals surface area (Å²) in [6, 6.07) is 4.62. The fraction of sp³-hybridized carbons (Fsp3) is 0.353. The maximum atomic E-state index is 12.0. The third-order valence-electron chi connectivity index (χ3n) is 4.13. The predicted octanol–water partition coefficient (Wildman–Crippen LogP) is 1.46. The van der Waals surface area contributed by atoms with Crippen LogP contribution >= 0.6 is 12.4 Å². The van der Waals surface area contributed by atoms with E-state index in [2.05, 4.69) is 15.0 Å². The van der Waals surface area contributed by atoms with Gasteiger partial charge in [-0.1, -0.05) is 0 Å². The van der Waals surface area contributed by atoms with Crippen molar-refractivity contribution < 1.29 is 14.7 Å². The average molecular weight is 393 g/mol. The zero-order chi connectivity index (χ0) is 18.7. The van der Waals surface area contributed by atoms with Crippen LogP contribution in [0.15, 0.2) is 30.6 Å². The Morgan fingerprint density at radius 3 is 2.33 bits per heavy atom. The second kappa shape index (κ2) is 8.63. The van der Waals surface area contributed by atoms with Crippen LogP contribution < -0.4 is 4.90 Å². The number of anilines is 1. The lowest BCUT2D eigenvalue weighted by Crippen LogP contribution is -2.51. The molecule has 0 aliphatic carbocycles. The van der Waals surface area contributed by atoms with E-state index in [4.69, 9.17) is 5.11 Å². The molecule has 1 saturated heterocycles. The second-order valence-electron chi connectivity index (χ2n) is 6.13. The number of aromatic nitrogens is 3. The van der Waals surface area contributed by atoms with Crippen molar-refractivity contribution in [3.63, 3.8) is 0 Å². The molecule has 0 bridgehead atoms. The van der Waals surface area contributed by atoms with Crippen molar-refractivity contribution in [2.24, 2.45) is 0 Å². The van der Waals surface area contributed by atoms with Crippen LogP contribution in [0.2, 0.25) is 0 Å². The molecule has 1 N–H and O–H groups in total. The van der Waals surface area contributed by atoms with Gasteiger partial charge in [-0.15, -0.1) is 12.4 Å². The van der Waals surface area contributed by atoms with Gasteiger partial charge in [-0.05, 0) is 18.2 Å². The summed E-state index contributed by atoms with van der Waals surface area (Å²) in [6.07, 6.45) is 3.08. The Hall–Kier alpha value is -2.94. The highest BCUT2D eigenvalue weighted by Crippen LogP contribution is 2.19. The number of carboxylic acid groups (broad SMARTS) is 1. The van der Waals surface area contributed by atoms with Gasteiger partial charge in [0.25, 0.3) is 0 Å². The summed E-state index contributed by atoms with van der Waals surface area (Å²) in [7, 11) is 3.47. The Morgan fingerprint density at radius 1 is 1.04 bits per heavy atom. The number of carbonyl (C=O) groups excluding carboxylic acids is 1. The molecule has 0 radical (unpaired) electrons. The van der Waals surface area contributed by atoms with Crippen molar-refractivity contribution in [3.05, 3.63) is 36.2 Å². The first kappa shape index (κ1) is 20.4. The molecule has 0 unspecified atom stereocenters. The van der Waals surface area contributed by atoms with Gasteiger partial charge >= 0.3 is 12.0 Å². The molecule has 144 valence electrons. The summed E-state index contributed by atoms with van der Waals surface area (Å²) in [5.41, 5.74) is 1.20. The molecular weight excluding hydrogens is 372 g/mol. The normalized spacial score (nSPS) is 13.7. The lowest BCUT2D eigenvalue weighted by atomic mass is 10.2. The maximum absolute atomic E-state index is 12.0. The van der Waals surface area contributed by atoms with Crippen molar-refractivity contribution in [2.75, 3.05) is 45.2 Å². The first-order valence-corrected chi connectivity index (χ1v) is 8.19. The number of urea groups is 1. The number of aromatic carboxylic acids is 1. The number of rotatable bonds is 3. The van der Waals surface area contributed by atoms with Gasteiger partial charge in [0.2, 0.25) is 5.95 Å². The number of carboxylic acids is 1. The number of hydrogen-bond donors (Lipinski definition) is 1. The van der Waals surface area contributed by atoms with Crippen molar-refractivity contribution in [1.82, 2.24) is 24.8 Å². The monoisotopic (exact) mass is 392 g/mol. The summed E-state index contributed by atoms with van der Waals surface area (Å²) in [6.45, 7) is 2.45. The van der Waals surface area contributed by atoms with Gasteiger partial charge in [-0.25, -0.2) is 19.6 Å². The van der Waals surface area contributed by atoms with Crippen LogP contribution in [0, 0.1) is 0 Å². The van der Waals surface area contributed by atoms with Crippen molar-refractivity contribution in [1.29, 1.82) is 0 Å². The van der Waals surface area contributed by atoms with Crippen LogP contribution in [0.5, 0.6) is 0 Å². The Bertz CT molecular complexity index is 824. The lowest BCUT2D eigenvalue weighted by molar-refractivity contribution is 0.0696. The number of halogens is 1. The first-order valence-electron chi connectivity index (χ1n) is 8.19. The van der Waals surface area contributed by atoms with Crippen LogP contribution in [-0.4, -0.2) is 82.1 Å². The predicted molar refractivity (Wildman–Crippen MR) is 102 cm³/mol. The molecule has 27 heavy (non-hydrogen) atoms. The van der Waals surface area contributed by atoms with Gasteiger partial charge in [0.15, 0.2) is 0 Å². The molecule has 9 nitrogen and oxygen atoms in total. The van der Waals surface area contributed by atoms with E-state index in [-0.39, 0.29) is 24.0 Å². The molecular formula is C17H21ClN6O3. The van der Waals surface area contributed by atoms with E-state index in [1.807, 2.05) is 4.90 Å².